The van der Waals surface area contributed by atoms with Crippen LogP contribution in [0.1, 0.15) is 55.4 Å². The van der Waals surface area contributed by atoms with Crippen molar-refractivity contribution in [3.63, 3.8) is 0 Å². The van der Waals surface area contributed by atoms with Gasteiger partial charge in [-0.15, -0.1) is 12.2 Å². The van der Waals surface area contributed by atoms with Crippen LogP contribution in [0.3, 0.4) is 0 Å². The van der Waals surface area contributed by atoms with Gasteiger partial charge in [0.05, 0.1) is 0 Å². The van der Waals surface area contributed by atoms with Gasteiger partial charge in [0, 0.05) is 14.3 Å². The van der Waals surface area contributed by atoms with Crippen LogP contribution in [0.2, 0.25) is 0 Å². The maximum absolute atomic E-state index is 5.25. The predicted molar refractivity (Wildman–Crippen MR) is 85.8 cm³/mol. The molecule has 1 nitrogen and oxygen atoms in total. The first-order valence-electron chi connectivity index (χ1n) is 6.25. The van der Waals surface area contributed by atoms with Gasteiger partial charge < -0.3 is 0 Å². The highest BCUT2D eigenvalue weighted by Gasteiger charge is 2.27. The summed E-state index contributed by atoms with van der Waals surface area (Å²) in [6.07, 6.45) is -1.43. The largest absolute Gasteiger partial charge is 0.269 e. The van der Waals surface area contributed by atoms with Gasteiger partial charge in [0.25, 0.3) is 0 Å². The minimum Gasteiger partial charge on any atom is -0.269 e. The second-order valence-electron chi connectivity index (χ2n) is 5.54. The second-order valence-corrected chi connectivity index (χ2v) is 14.5. The standard InChI is InChI=1S/C12H29NP2S/c1-9(2)14(10(3)4)13-15(16,11(5)6)12(7)8/h9-12,16H,1-8H3. The van der Waals surface area contributed by atoms with Gasteiger partial charge in [0.2, 0.25) is 0 Å². The van der Waals surface area contributed by atoms with Crippen LogP contribution in [0, 0.1) is 0 Å². The molecule has 0 aliphatic carbocycles. The fourth-order valence-corrected chi connectivity index (χ4v) is 9.62. The van der Waals surface area contributed by atoms with E-state index in [4.69, 9.17) is 16.8 Å². The van der Waals surface area contributed by atoms with Crippen molar-refractivity contribution in [2.24, 2.45) is 4.52 Å². The molecule has 0 spiro atoms. The molecular formula is C12H29NP2S. The lowest BCUT2D eigenvalue weighted by atomic mass is 10.5. The molecule has 0 N–H and O–H groups in total. The van der Waals surface area contributed by atoms with E-state index in [9.17, 15) is 0 Å². The van der Waals surface area contributed by atoms with Gasteiger partial charge in [-0.2, -0.15) is 0 Å². The Hall–Kier alpha value is 1.01. The molecule has 0 fully saturated rings. The first kappa shape index (κ1) is 17.0. The van der Waals surface area contributed by atoms with Gasteiger partial charge in [-0.1, -0.05) is 55.4 Å². The van der Waals surface area contributed by atoms with E-state index in [1.54, 1.807) is 0 Å². The van der Waals surface area contributed by atoms with Crippen LogP contribution in [0.5, 0.6) is 0 Å². The van der Waals surface area contributed by atoms with Crippen molar-refractivity contribution in [1.82, 2.24) is 0 Å². The maximum atomic E-state index is 5.25. The van der Waals surface area contributed by atoms with E-state index in [1.807, 2.05) is 0 Å². The van der Waals surface area contributed by atoms with Crippen molar-refractivity contribution in [3.05, 3.63) is 0 Å². The first-order valence-corrected chi connectivity index (χ1v) is 10.7. The molecule has 16 heavy (non-hydrogen) atoms. The molecule has 98 valence electrons. The van der Waals surface area contributed by atoms with Crippen molar-refractivity contribution < 1.29 is 0 Å². The van der Waals surface area contributed by atoms with Crippen molar-refractivity contribution >= 4 is 26.6 Å². The van der Waals surface area contributed by atoms with E-state index in [1.165, 1.54) is 0 Å². The van der Waals surface area contributed by atoms with Gasteiger partial charge in [0.1, 0.15) is 0 Å². The van der Waals surface area contributed by atoms with Gasteiger partial charge >= 0.3 is 0 Å². The van der Waals surface area contributed by atoms with Gasteiger partial charge in [0.15, 0.2) is 0 Å². The average molecular weight is 281 g/mol. The van der Waals surface area contributed by atoms with E-state index in [-0.39, 0.29) is 8.07 Å². The summed E-state index contributed by atoms with van der Waals surface area (Å²) in [5.41, 5.74) is 2.55. The zero-order chi connectivity index (χ0) is 13.1. The van der Waals surface area contributed by atoms with Crippen molar-refractivity contribution in [2.45, 2.75) is 78.0 Å². The molecule has 0 aromatic rings. The zero-order valence-electron chi connectivity index (χ0n) is 12.1. The molecule has 0 saturated carbocycles. The lowest BCUT2D eigenvalue weighted by Crippen LogP contribution is -2.07. The summed E-state index contributed by atoms with van der Waals surface area (Å²) in [5.74, 6) is 0. The highest BCUT2D eigenvalue weighted by atomic mass is 32.7. The highest BCUT2D eigenvalue weighted by Crippen LogP contribution is 2.69. The topological polar surface area (TPSA) is 12.4 Å². The summed E-state index contributed by atoms with van der Waals surface area (Å²) < 4.78 is 5.25. The van der Waals surface area contributed by atoms with Gasteiger partial charge in [-0.3, -0.25) is 4.52 Å². The zero-order valence-corrected chi connectivity index (χ0v) is 14.8. The Morgan fingerprint density at radius 1 is 0.812 bits per heavy atom. The monoisotopic (exact) mass is 281 g/mol. The summed E-state index contributed by atoms with van der Waals surface area (Å²) in [5, 5.41) is 0. The third kappa shape index (κ3) is 4.35. The molecule has 0 saturated heterocycles. The third-order valence-corrected chi connectivity index (χ3v) is 13.4. The molecule has 0 rings (SSSR count). The Morgan fingerprint density at radius 2 is 1.12 bits per heavy atom. The van der Waals surface area contributed by atoms with E-state index in [0.717, 1.165) is 0 Å². The molecule has 0 radical (unpaired) electrons. The van der Waals surface area contributed by atoms with E-state index in [0.29, 0.717) is 22.6 Å². The minimum atomic E-state index is -1.43. The maximum Gasteiger partial charge on any atom is 0.0295 e. The fraction of sp³-hybridized carbons (Fsp3) is 1.00. The van der Waals surface area contributed by atoms with Crippen LogP contribution in [-0.2, 0) is 0 Å². The summed E-state index contributed by atoms with van der Waals surface area (Å²) in [6.45, 7) is 18.3. The quantitative estimate of drug-likeness (QED) is 0.464. The molecule has 0 heterocycles. The molecule has 0 atom stereocenters. The van der Waals surface area contributed by atoms with E-state index >= 15 is 0 Å². The molecule has 0 aromatic carbocycles. The number of thiol groups is 1. The normalized spacial score (nSPS) is 13.6. The van der Waals surface area contributed by atoms with E-state index in [2.05, 4.69) is 55.4 Å². The number of rotatable bonds is 5. The molecule has 0 aliphatic heterocycles. The van der Waals surface area contributed by atoms with Crippen molar-refractivity contribution in [2.75, 3.05) is 0 Å². The minimum absolute atomic E-state index is 0.234. The number of hydrogen-bond donors (Lipinski definition) is 1. The molecule has 4 heteroatoms. The van der Waals surface area contributed by atoms with Crippen LogP contribution in [0.25, 0.3) is 0 Å². The Morgan fingerprint density at radius 3 is 1.31 bits per heavy atom. The second kappa shape index (κ2) is 6.81. The Labute approximate surface area is 109 Å². The summed E-state index contributed by atoms with van der Waals surface area (Å²) in [7, 11) is -0.234. The lowest BCUT2D eigenvalue weighted by molar-refractivity contribution is 0.994. The first-order chi connectivity index (χ1) is 7.12. The SMILES string of the molecule is CC(C)P(N=P(S)(C(C)C)C(C)C)C(C)C. The molecule has 0 aliphatic rings. The summed E-state index contributed by atoms with van der Waals surface area (Å²) in [4.78, 5) is 0. The van der Waals surface area contributed by atoms with Crippen LogP contribution < -0.4 is 0 Å². The van der Waals surface area contributed by atoms with Crippen LogP contribution in [0.4, 0.5) is 0 Å². The highest BCUT2D eigenvalue weighted by molar-refractivity contribution is 8.49. The summed E-state index contributed by atoms with van der Waals surface area (Å²) in [6, 6.07) is 0. The predicted octanol–water partition coefficient (Wildman–Crippen LogP) is 6.06. The third-order valence-electron chi connectivity index (χ3n) is 2.82. The fourth-order valence-electron chi connectivity index (χ4n) is 1.77. The Bertz CT molecular complexity index is 240. The van der Waals surface area contributed by atoms with E-state index < -0.39 is 6.26 Å². The van der Waals surface area contributed by atoms with Gasteiger partial charge in [-0.25, -0.2) is 0 Å². The van der Waals surface area contributed by atoms with Crippen molar-refractivity contribution in [1.29, 1.82) is 0 Å². The van der Waals surface area contributed by atoms with Crippen molar-refractivity contribution in [3.8, 4) is 0 Å². The smallest absolute Gasteiger partial charge is 0.0295 e. The van der Waals surface area contributed by atoms with Gasteiger partial charge in [-0.05, 0) is 22.6 Å². The molecular weight excluding hydrogens is 252 g/mol. The summed E-state index contributed by atoms with van der Waals surface area (Å²) >= 11 is 5.00. The lowest BCUT2D eigenvalue weighted by Gasteiger charge is -2.32. The number of nitrogens with zero attached hydrogens (tertiary/aromatic N) is 1. The van der Waals surface area contributed by atoms with Crippen LogP contribution in [-0.4, -0.2) is 22.6 Å². The van der Waals surface area contributed by atoms with Crippen LogP contribution >= 0.6 is 26.6 Å². The Kier molecular flexibility index (Phi) is 7.24. The molecule has 0 unspecified atom stereocenters. The van der Waals surface area contributed by atoms with Crippen LogP contribution in [0.15, 0.2) is 4.52 Å². The number of hydrogen-bond acceptors (Lipinski definition) is 1. The Balaban J connectivity index is 5.33. The molecule has 0 amide bonds. The molecule has 0 bridgehead atoms. The average Bonchev–Trinajstić information content (AvgIpc) is 2.11. The molecule has 0 aromatic heterocycles.